The fourth-order valence-corrected chi connectivity index (χ4v) is 1.76. The number of nitrogens with one attached hydrogen (secondary N) is 1. The van der Waals surface area contributed by atoms with E-state index in [4.69, 9.17) is 5.73 Å². The highest BCUT2D eigenvalue weighted by atomic mass is 19.3. The topological polar surface area (TPSA) is 64.3 Å². The number of anilines is 2. The molecule has 0 aliphatic carbocycles. The van der Waals surface area contributed by atoms with Gasteiger partial charge in [-0.25, -0.2) is 0 Å². The maximum Gasteiger partial charge on any atom is 0.387 e. The van der Waals surface area contributed by atoms with Gasteiger partial charge in [0.25, 0.3) is 5.91 Å². The second-order valence-corrected chi connectivity index (χ2v) is 4.45. The van der Waals surface area contributed by atoms with E-state index in [1.165, 1.54) is 24.3 Å². The number of rotatable bonds is 4. The summed E-state index contributed by atoms with van der Waals surface area (Å²) >= 11 is 0. The first-order valence-electron chi connectivity index (χ1n) is 6.18. The van der Waals surface area contributed by atoms with Gasteiger partial charge in [0, 0.05) is 5.56 Å². The molecule has 21 heavy (non-hydrogen) atoms. The smallest absolute Gasteiger partial charge is 0.387 e. The Morgan fingerprint density at radius 1 is 1.19 bits per heavy atom. The summed E-state index contributed by atoms with van der Waals surface area (Å²) in [7, 11) is 0. The Balaban J connectivity index is 2.11. The number of halogens is 2. The number of amides is 1. The fourth-order valence-electron chi connectivity index (χ4n) is 1.76. The van der Waals surface area contributed by atoms with E-state index in [1.807, 2.05) is 13.0 Å². The van der Waals surface area contributed by atoms with Crippen LogP contribution in [0.15, 0.2) is 42.5 Å². The van der Waals surface area contributed by atoms with Gasteiger partial charge in [-0.3, -0.25) is 4.79 Å². The Labute approximate surface area is 120 Å². The number of nitrogens with two attached hydrogens (primary N) is 1. The van der Waals surface area contributed by atoms with Crippen LogP contribution in [-0.4, -0.2) is 12.5 Å². The first-order chi connectivity index (χ1) is 9.95. The molecule has 0 aliphatic rings. The van der Waals surface area contributed by atoms with Crippen molar-refractivity contribution < 1.29 is 18.3 Å². The van der Waals surface area contributed by atoms with Gasteiger partial charge in [0.05, 0.1) is 11.4 Å². The van der Waals surface area contributed by atoms with E-state index in [9.17, 15) is 13.6 Å². The second-order valence-electron chi connectivity index (χ2n) is 4.45. The molecule has 3 N–H and O–H groups in total. The summed E-state index contributed by atoms with van der Waals surface area (Å²) in [6.07, 6.45) is 0. The van der Waals surface area contributed by atoms with E-state index in [0.717, 1.165) is 5.56 Å². The molecule has 4 nitrogen and oxygen atoms in total. The number of aryl methyl sites for hydroxylation is 1. The molecule has 0 atom stereocenters. The van der Waals surface area contributed by atoms with Crippen LogP contribution in [0, 0.1) is 6.92 Å². The third-order valence-electron chi connectivity index (χ3n) is 2.80. The molecular weight excluding hydrogens is 278 g/mol. The van der Waals surface area contributed by atoms with Crippen LogP contribution in [0.3, 0.4) is 0 Å². The number of alkyl halides is 2. The molecule has 0 fully saturated rings. The van der Waals surface area contributed by atoms with Gasteiger partial charge >= 0.3 is 6.61 Å². The molecule has 1 amide bonds. The van der Waals surface area contributed by atoms with Crippen molar-refractivity contribution in [2.45, 2.75) is 13.5 Å². The Kier molecular flexibility index (Phi) is 4.37. The minimum Gasteiger partial charge on any atom is -0.435 e. The van der Waals surface area contributed by atoms with Gasteiger partial charge in [0.2, 0.25) is 0 Å². The van der Waals surface area contributed by atoms with Gasteiger partial charge in [-0.15, -0.1) is 0 Å². The van der Waals surface area contributed by atoms with E-state index in [-0.39, 0.29) is 11.7 Å². The number of ether oxygens (including phenoxy) is 1. The van der Waals surface area contributed by atoms with Gasteiger partial charge < -0.3 is 15.8 Å². The largest absolute Gasteiger partial charge is 0.435 e. The summed E-state index contributed by atoms with van der Waals surface area (Å²) in [5, 5.41) is 2.67. The number of hydrogen-bond acceptors (Lipinski definition) is 3. The minimum atomic E-state index is -2.89. The van der Waals surface area contributed by atoms with Crippen LogP contribution in [0.2, 0.25) is 0 Å². The van der Waals surface area contributed by atoms with Crippen LogP contribution in [-0.2, 0) is 0 Å². The average molecular weight is 292 g/mol. The minimum absolute atomic E-state index is 0.00313. The second kappa shape index (κ2) is 6.21. The summed E-state index contributed by atoms with van der Waals surface area (Å²) in [6.45, 7) is -1.01. The van der Waals surface area contributed by atoms with E-state index in [0.29, 0.717) is 16.9 Å². The van der Waals surface area contributed by atoms with Crippen molar-refractivity contribution in [2.24, 2.45) is 0 Å². The van der Waals surface area contributed by atoms with Crippen molar-refractivity contribution in [1.29, 1.82) is 0 Å². The van der Waals surface area contributed by atoms with E-state index >= 15 is 0 Å². The SMILES string of the molecule is Cc1ccc(N)c(NC(=O)c2ccc(OC(F)F)cc2)c1. The molecule has 2 aromatic rings. The van der Waals surface area contributed by atoms with Crippen molar-refractivity contribution >= 4 is 17.3 Å². The molecular formula is C15H14F2N2O2. The van der Waals surface area contributed by atoms with Crippen LogP contribution in [0.5, 0.6) is 5.75 Å². The molecule has 0 spiro atoms. The highest BCUT2D eigenvalue weighted by Gasteiger charge is 2.10. The third-order valence-corrected chi connectivity index (χ3v) is 2.80. The predicted molar refractivity (Wildman–Crippen MR) is 76.6 cm³/mol. The zero-order chi connectivity index (χ0) is 15.4. The molecule has 2 rings (SSSR count). The van der Waals surface area contributed by atoms with Gasteiger partial charge in [0.15, 0.2) is 0 Å². The standard InChI is InChI=1S/C15H14F2N2O2/c1-9-2-7-12(18)13(8-9)19-14(20)10-3-5-11(6-4-10)21-15(16)17/h2-8,15H,18H2,1H3,(H,19,20). The summed E-state index contributed by atoms with van der Waals surface area (Å²) in [5.41, 5.74) is 8.01. The van der Waals surface area contributed by atoms with Gasteiger partial charge in [-0.1, -0.05) is 6.07 Å². The average Bonchev–Trinajstić information content (AvgIpc) is 2.43. The van der Waals surface area contributed by atoms with Crippen molar-refractivity contribution in [3.05, 3.63) is 53.6 Å². The summed E-state index contributed by atoms with van der Waals surface area (Å²) in [5.74, 6) is -0.382. The van der Waals surface area contributed by atoms with Crippen molar-refractivity contribution in [3.63, 3.8) is 0 Å². The van der Waals surface area contributed by atoms with Crippen LogP contribution in [0.4, 0.5) is 20.2 Å². The van der Waals surface area contributed by atoms with Crippen LogP contribution in [0.1, 0.15) is 15.9 Å². The summed E-state index contributed by atoms with van der Waals surface area (Å²) < 4.78 is 28.3. The van der Waals surface area contributed by atoms with Gasteiger partial charge in [-0.05, 0) is 48.9 Å². The number of benzene rings is 2. The number of nitrogen functional groups attached to an aromatic ring is 1. The van der Waals surface area contributed by atoms with E-state index in [1.54, 1.807) is 12.1 Å². The lowest BCUT2D eigenvalue weighted by atomic mass is 10.1. The summed E-state index contributed by atoms with van der Waals surface area (Å²) in [6, 6.07) is 10.7. The van der Waals surface area contributed by atoms with E-state index in [2.05, 4.69) is 10.1 Å². The first kappa shape index (κ1) is 14.8. The molecule has 0 bridgehead atoms. The molecule has 0 aliphatic heterocycles. The Bertz CT molecular complexity index is 643. The highest BCUT2D eigenvalue weighted by molar-refractivity contribution is 6.05. The molecule has 0 unspecified atom stereocenters. The zero-order valence-corrected chi connectivity index (χ0v) is 11.3. The fraction of sp³-hybridized carbons (Fsp3) is 0.133. The maximum atomic E-state index is 12.1. The lowest BCUT2D eigenvalue weighted by Crippen LogP contribution is -2.13. The Morgan fingerprint density at radius 3 is 2.48 bits per heavy atom. The van der Waals surface area contributed by atoms with Gasteiger partial charge in [0.1, 0.15) is 5.75 Å². The van der Waals surface area contributed by atoms with Crippen molar-refractivity contribution in [1.82, 2.24) is 0 Å². The molecule has 110 valence electrons. The monoisotopic (exact) mass is 292 g/mol. The molecule has 0 saturated carbocycles. The number of carbonyl (C=O) groups excluding carboxylic acids is 1. The first-order valence-corrected chi connectivity index (χ1v) is 6.18. The Morgan fingerprint density at radius 2 is 1.86 bits per heavy atom. The molecule has 6 heteroatoms. The van der Waals surface area contributed by atoms with Gasteiger partial charge in [-0.2, -0.15) is 8.78 Å². The highest BCUT2D eigenvalue weighted by Crippen LogP contribution is 2.21. The van der Waals surface area contributed by atoms with Crippen molar-refractivity contribution in [3.8, 4) is 5.75 Å². The molecule has 2 aromatic carbocycles. The lowest BCUT2D eigenvalue weighted by molar-refractivity contribution is -0.0498. The van der Waals surface area contributed by atoms with Crippen LogP contribution in [0.25, 0.3) is 0 Å². The van der Waals surface area contributed by atoms with Crippen LogP contribution < -0.4 is 15.8 Å². The van der Waals surface area contributed by atoms with E-state index < -0.39 is 6.61 Å². The predicted octanol–water partition coefficient (Wildman–Crippen LogP) is 3.43. The zero-order valence-electron chi connectivity index (χ0n) is 11.3. The van der Waals surface area contributed by atoms with Crippen molar-refractivity contribution in [2.75, 3.05) is 11.1 Å². The maximum absolute atomic E-state index is 12.1. The normalized spacial score (nSPS) is 10.5. The summed E-state index contributed by atoms with van der Waals surface area (Å²) in [4.78, 5) is 12.1. The van der Waals surface area contributed by atoms with Crippen LogP contribution >= 0.6 is 0 Å². The molecule has 0 saturated heterocycles. The number of carbonyl (C=O) groups is 1. The number of hydrogen-bond donors (Lipinski definition) is 2. The quantitative estimate of drug-likeness (QED) is 0.848. The molecule has 0 radical (unpaired) electrons. The molecule has 0 aromatic heterocycles. The Hall–Kier alpha value is -2.63. The lowest BCUT2D eigenvalue weighted by Gasteiger charge is -2.10. The molecule has 0 heterocycles. The third kappa shape index (κ3) is 3.92.